The Balaban J connectivity index is 2.45. The van der Waals surface area contributed by atoms with Crippen molar-refractivity contribution < 1.29 is 9.90 Å². The number of unbranched alkanes of at least 4 members (excludes halogenated alkanes) is 1. The van der Waals surface area contributed by atoms with Gasteiger partial charge in [0.2, 0.25) is 0 Å². The summed E-state index contributed by atoms with van der Waals surface area (Å²) in [5.41, 5.74) is 2.18. The Hall–Kier alpha value is -1.75. The molecule has 1 aromatic rings. The summed E-state index contributed by atoms with van der Waals surface area (Å²) in [6.45, 7) is 2.02. The largest absolute Gasteiger partial charge is 0.481 e. The van der Waals surface area contributed by atoms with E-state index < -0.39 is 5.97 Å². The molecule has 0 aromatic heterocycles. The van der Waals surface area contributed by atoms with Crippen LogP contribution in [0.4, 0.5) is 0 Å². The highest BCUT2D eigenvalue weighted by atomic mass is 16.4. The summed E-state index contributed by atoms with van der Waals surface area (Å²) in [6, 6.07) is 7.92. The molecule has 0 aliphatic rings. The molecule has 0 aliphatic carbocycles. The lowest BCUT2D eigenvalue weighted by Crippen LogP contribution is -1.92. The summed E-state index contributed by atoms with van der Waals surface area (Å²) in [5.74, 6) is 5.27. The highest BCUT2D eigenvalue weighted by molar-refractivity contribution is 5.66. The number of aliphatic carboxylic acids is 1. The van der Waals surface area contributed by atoms with E-state index in [9.17, 15) is 4.79 Å². The molecule has 0 fully saturated rings. The fraction of sp³-hybridized carbons (Fsp3) is 0.308. The van der Waals surface area contributed by atoms with Gasteiger partial charge in [0.1, 0.15) is 0 Å². The number of carbonyl (C=O) groups is 1. The quantitative estimate of drug-likeness (QED) is 0.604. The first-order valence-corrected chi connectivity index (χ1v) is 4.96. The van der Waals surface area contributed by atoms with E-state index in [1.165, 1.54) is 0 Å². The normalized spacial score (nSPS) is 9.13. The van der Waals surface area contributed by atoms with E-state index in [1.807, 2.05) is 31.2 Å². The molecule has 0 spiro atoms. The van der Waals surface area contributed by atoms with Crippen molar-refractivity contribution in [3.8, 4) is 11.8 Å². The van der Waals surface area contributed by atoms with Crippen LogP contribution in [0.3, 0.4) is 0 Å². The van der Waals surface area contributed by atoms with Gasteiger partial charge in [-0.25, -0.2) is 0 Å². The molecule has 2 nitrogen and oxygen atoms in total. The molecular formula is C13H14O2. The summed E-state index contributed by atoms with van der Waals surface area (Å²) in [6.07, 6.45) is 1.46. The number of rotatable bonds is 3. The minimum Gasteiger partial charge on any atom is -0.481 e. The molecule has 15 heavy (non-hydrogen) atoms. The Morgan fingerprint density at radius 2 is 2.13 bits per heavy atom. The molecule has 0 saturated heterocycles. The first kappa shape index (κ1) is 11.3. The maximum Gasteiger partial charge on any atom is 0.303 e. The first-order chi connectivity index (χ1) is 7.20. The van der Waals surface area contributed by atoms with Crippen molar-refractivity contribution in [3.05, 3.63) is 35.4 Å². The van der Waals surface area contributed by atoms with Crippen LogP contribution in [0.2, 0.25) is 0 Å². The second kappa shape index (κ2) is 5.87. The summed E-state index contributed by atoms with van der Waals surface area (Å²) >= 11 is 0. The molecule has 0 saturated carbocycles. The topological polar surface area (TPSA) is 37.3 Å². The third kappa shape index (κ3) is 4.33. The second-order valence-corrected chi connectivity index (χ2v) is 3.36. The van der Waals surface area contributed by atoms with Crippen LogP contribution < -0.4 is 0 Å². The van der Waals surface area contributed by atoms with Gasteiger partial charge < -0.3 is 5.11 Å². The highest BCUT2D eigenvalue weighted by Gasteiger charge is 1.94. The number of aryl methyl sites for hydroxylation is 1. The lowest BCUT2D eigenvalue weighted by atomic mass is 10.1. The lowest BCUT2D eigenvalue weighted by Gasteiger charge is -1.94. The second-order valence-electron chi connectivity index (χ2n) is 3.36. The Morgan fingerprint density at radius 3 is 2.80 bits per heavy atom. The molecule has 1 rings (SSSR count). The summed E-state index contributed by atoms with van der Waals surface area (Å²) < 4.78 is 0. The van der Waals surface area contributed by atoms with E-state index in [4.69, 9.17) is 5.11 Å². The lowest BCUT2D eigenvalue weighted by molar-refractivity contribution is -0.137. The maximum atomic E-state index is 10.2. The van der Waals surface area contributed by atoms with Gasteiger partial charge in [0.05, 0.1) is 0 Å². The van der Waals surface area contributed by atoms with E-state index >= 15 is 0 Å². The first-order valence-electron chi connectivity index (χ1n) is 4.96. The maximum absolute atomic E-state index is 10.2. The molecule has 1 N–H and O–H groups in total. The van der Waals surface area contributed by atoms with Gasteiger partial charge in [-0.2, -0.15) is 0 Å². The molecule has 0 heterocycles. The SMILES string of the molecule is Cc1ccccc1C#CCCCC(=O)O. The third-order valence-corrected chi connectivity index (χ3v) is 2.06. The van der Waals surface area contributed by atoms with Crippen molar-refractivity contribution in [2.45, 2.75) is 26.2 Å². The van der Waals surface area contributed by atoms with Crippen molar-refractivity contribution in [2.24, 2.45) is 0 Å². The van der Waals surface area contributed by atoms with Gasteiger partial charge in [0, 0.05) is 18.4 Å². The molecule has 0 aliphatic heterocycles. The highest BCUT2D eigenvalue weighted by Crippen LogP contribution is 2.04. The average molecular weight is 202 g/mol. The zero-order valence-electron chi connectivity index (χ0n) is 8.79. The van der Waals surface area contributed by atoms with Crippen LogP contribution in [0.5, 0.6) is 0 Å². The zero-order valence-corrected chi connectivity index (χ0v) is 8.79. The minimum atomic E-state index is -0.757. The van der Waals surface area contributed by atoms with Gasteiger partial charge in [0.25, 0.3) is 0 Å². The van der Waals surface area contributed by atoms with Crippen LogP contribution in [0.15, 0.2) is 24.3 Å². The van der Waals surface area contributed by atoms with Gasteiger partial charge in [-0.1, -0.05) is 30.0 Å². The summed E-state index contributed by atoms with van der Waals surface area (Å²) in [4.78, 5) is 10.2. The Labute approximate surface area is 89.9 Å². The number of hydrogen-bond donors (Lipinski definition) is 1. The van der Waals surface area contributed by atoms with Crippen LogP contribution in [-0.2, 0) is 4.79 Å². The predicted molar refractivity (Wildman–Crippen MR) is 59.5 cm³/mol. The molecule has 0 unspecified atom stereocenters. The molecular weight excluding hydrogens is 188 g/mol. The van der Waals surface area contributed by atoms with Crippen molar-refractivity contribution >= 4 is 5.97 Å². The Kier molecular flexibility index (Phi) is 4.43. The van der Waals surface area contributed by atoms with Crippen LogP contribution in [0.1, 0.15) is 30.4 Å². The number of benzene rings is 1. The van der Waals surface area contributed by atoms with Crippen LogP contribution >= 0.6 is 0 Å². The molecule has 2 heteroatoms. The van der Waals surface area contributed by atoms with Gasteiger partial charge in [-0.3, -0.25) is 4.79 Å². The molecule has 0 atom stereocenters. The number of carboxylic acids is 1. The molecule has 1 aromatic carbocycles. The van der Waals surface area contributed by atoms with Gasteiger partial charge in [0.15, 0.2) is 0 Å². The molecule has 78 valence electrons. The fourth-order valence-corrected chi connectivity index (χ4v) is 1.20. The number of carboxylic acid groups (broad SMARTS) is 1. The van der Waals surface area contributed by atoms with E-state index in [1.54, 1.807) is 0 Å². The van der Waals surface area contributed by atoms with E-state index in [0.29, 0.717) is 12.8 Å². The van der Waals surface area contributed by atoms with E-state index in [2.05, 4.69) is 11.8 Å². The monoisotopic (exact) mass is 202 g/mol. The summed E-state index contributed by atoms with van der Waals surface area (Å²) in [5, 5.41) is 8.43. The molecule has 0 radical (unpaired) electrons. The van der Waals surface area contributed by atoms with Gasteiger partial charge in [-0.05, 0) is 25.0 Å². The fourth-order valence-electron chi connectivity index (χ4n) is 1.20. The van der Waals surface area contributed by atoms with Crippen molar-refractivity contribution in [2.75, 3.05) is 0 Å². The predicted octanol–water partition coefficient (Wildman–Crippen LogP) is 2.60. The van der Waals surface area contributed by atoms with Gasteiger partial charge in [-0.15, -0.1) is 0 Å². The van der Waals surface area contributed by atoms with E-state index in [-0.39, 0.29) is 6.42 Å². The van der Waals surface area contributed by atoms with Crippen molar-refractivity contribution in [1.29, 1.82) is 0 Å². The minimum absolute atomic E-state index is 0.197. The average Bonchev–Trinajstić information content (AvgIpc) is 2.20. The third-order valence-electron chi connectivity index (χ3n) is 2.06. The zero-order chi connectivity index (χ0) is 11.1. The van der Waals surface area contributed by atoms with Crippen molar-refractivity contribution in [3.63, 3.8) is 0 Å². The van der Waals surface area contributed by atoms with Crippen LogP contribution in [0, 0.1) is 18.8 Å². The smallest absolute Gasteiger partial charge is 0.303 e. The van der Waals surface area contributed by atoms with Crippen LogP contribution in [0.25, 0.3) is 0 Å². The Bertz CT molecular complexity index is 396. The molecule has 0 bridgehead atoms. The van der Waals surface area contributed by atoms with Crippen molar-refractivity contribution in [1.82, 2.24) is 0 Å². The van der Waals surface area contributed by atoms with E-state index in [0.717, 1.165) is 11.1 Å². The summed E-state index contributed by atoms with van der Waals surface area (Å²) in [7, 11) is 0. The molecule has 0 amide bonds. The standard InChI is InChI=1S/C13H14O2/c1-11-7-5-6-9-12(11)8-3-2-4-10-13(14)15/h5-7,9H,2,4,10H2,1H3,(H,14,15). The number of hydrogen-bond acceptors (Lipinski definition) is 1. The van der Waals surface area contributed by atoms with Gasteiger partial charge >= 0.3 is 5.97 Å². The Morgan fingerprint density at radius 1 is 1.40 bits per heavy atom. The van der Waals surface area contributed by atoms with Crippen LogP contribution in [-0.4, -0.2) is 11.1 Å².